The van der Waals surface area contributed by atoms with E-state index >= 15 is 0 Å². The molecule has 0 rings (SSSR count). The van der Waals surface area contributed by atoms with Crippen molar-refractivity contribution in [2.45, 2.75) is 24.4 Å². The van der Waals surface area contributed by atoms with Crippen LogP contribution < -0.4 is 29.6 Å². The maximum absolute atomic E-state index is 9.72. The van der Waals surface area contributed by atoms with Crippen molar-refractivity contribution in [3.8, 4) is 0 Å². The number of hydrogen-bond acceptors (Lipinski definition) is 7. The third kappa shape index (κ3) is 6.44. The van der Waals surface area contributed by atoms with Gasteiger partial charge in [-0.1, -0.05) is 0 Å². The molecule has 7 nitrogen and oxygen atoms in total. The van der Waals surface area contributed by atoms with Gasteiger partial charge in [-0.15, -0.1) is 0 Å². The van der Waals surface area contributed by atoms with E-state index in [9.17, 15) is 4.79 Å². The minimum absolute atomic E-state index is 0. The Hall–Kier alpha value is 0.270. The zero-order valence-corrected chi connectivity index (χ0v) is 10.4. The standard InChI is InChI=1S/C7H14O7.Na.H/c8-1-4(10)6(12)7(13)5(11)2-14-3-9;;/h3-8,10-13H,1-2H2;;/q;+1;-1/t4-,5-,6-,7-;;/m1../s1. The van der Waals surface area contributed by atoms with Gasteiger partial charge in [-0.25, -0.2) is 0 Å². The van der Waals surface area contributed by atoms with E-state index in [4.69, 9.17) is 25.5 Å². The quantitative estimate of drug-likeness (QED) is 0.219. The van der Waals surface area contributed by atoms with Gasteiger partial charge in [0, 0.05) is 0 Å². The van der Waals surface area contributed by atoms with Crippen LogP contribution in [0.25, 0.3) is 0 Å². The number of rotatable bonds is 7. The minimum Gasteiger partial charge on any atom is -1.00 e. The summed E-state index contributed by atoms with van der Waals surface area (Å²) in [6.07, 6.45) is -6.48. The maximum atomic E-state index is 9.72. The number of carbonyl (C=O) groups is 1. The number of ether oxygens (including phenoxy) is 1. The molecule has 15 heavy (non-hydrogen) atoms. The Bertz CT molecular complexity index is 173. The van der Waals surface area contributed by atoms with Gasteiger partial charge >= 0.3 is 29.6 Å². The van der Waals surface area contributed by atoms with Crippen LogP contribution in [0.2, 0.25) is 0 Å². The number of carbonyl (C=O) groups excluding carboxylic acids is 1. The van der Waals surface area contributed by atoms with E-state index in [2.05, 4.69) is 4.74 Å². The Labute approximate surface area is 110 Å². The van der Waals surface area contributed by atoms with Gasteiger partial charge in [-0.3, -0.25) is 4.79 Å². The maximum Gasteiger partial charge on any atom is 1.00 e. The summed E-state index contributed by atoms with van der Waals surface area (Å²) in [4.78, 5) is 9.72. The molecule has 4 atom stereocenters. The Balaban J connectivity index is -0.000000845. The van der Waals surface area contributed by atoms with Crippen molar-refractivity contribution in [3.05, 3.63) is 0 Å². The van der Waals surface area contributed by atoms with Crippen LogP contribution in [0.3, 0.4) is 0 Å². The zero-order chi connectivity index (χ0) is 11.1. The van der Waals surface area contributed by atoms with Gasteiger partial charge in [0.15, 0.2) is 0 Å². The van der Waals surface area contributed by atoms with Crippen LogP contribution in [0.1, 0.15) is 1.43 Å². The molecule has 0 aromatic heterocycles. The molecule has 0 aliphatic heterocycles. The third-order valence-corrected chi connectivity index (χ3v) is 1.66. The monoisotopic (exact) mass is 234 g/mol. The molecule has 0 aliphatic carbocycles. The first-order valence-electron chi connectivity index (χ1n) is 3.93. The van der Waals surface area contributed by atoms with E-state index in [0.717, 1.165) is 0 Å². The Morgan fingerprint density at radius 3 is 2.00 bits per heavy atom. The van der Waals surface area contributed by atoms with Crippen molar-refractivity contribution >= 4 is 6.47 Å². The predicted octanol–water partition coefficient (Wildman–Crippen LogP) is -6.29. The van der Waals surface area contributed by atoms with Crippen LogP contribution in [-0.4, -0.2) is 69.6 Å². The van der Waals surface area contributed by atoms with E-state index in [-0.39, 0.29) is 37.5 Å². The van der Waals surface area contributed by atoms with Crippen LogP contribution in [0, 0.1) is 0 Å². The second-order valence-electron chi connectivity index (χ2n) is 2.73. The van der Waals surface area contributed by atoms with E-state index in [1.54, 1.807) is 0 Å². The summed E-state index contributed by atoms with van der Waals surface area (Å²) in [6, 6.07) is 0. The van der Waals surface area contributed by atoms with Gasteiger partial charge in [-0.2, -0.15) is 0 Å². The Kier molecular flexibility index (Phi) is 11.2. The summed E-state index contributed by atoms with van der Waals surface area (Å²) in [5, 5.41) is 44.6. The average Bonchev–Trinajstić information content (AvgIpc) is 2.22. The van der Waals surface area contributed by atoms with E-state index in [1.165, 1.54) is 0 Å². The summed E-state index contributed by atoms with van der Waals surface area (Å²) in [6.45, 7) is -1.18. The topological polar surface area (TPSA) is 127 Å². The Morgan fingerprint density at radius 1 is 1.13 bits per heavy atom. The normalized spacial score (nSPS) is 18.2. The van der Waals surface area contributed by atoms with Gasteiger partial charge < -0.3 is 31.7 Å². The zero-order valence-electron chi connectivity index (χ0n) is 9.35. The SMILES string of the molecule is O=COC[C@@H](O)[C@@H](O)[C@H](O)[C@H](O)CO.[H-].[Na+]. The molecule has 0 saturated heterocycles. The van der Waals surface area contributed by atoms with Crippen molar-refractivity contribution in [2.75, 3.05) is 13.2 Å². The smallest absolute Gasteiger partial charge is 1.00 e. The average molecular weight is 234 g/mol. The summed E-state index contributed by atoms with van der Waals surface area (Å²) in [5.41, 5.74) is 0. The number of aliphatic hydroxyl groups is 5. The summed E-state index contributed by atoms with van der Waals surface area (Å²) in [5.74, 6) is 0. The van der Waals surface area contributed by atoms with Crippen LogP contribution in [0.5, 0.6) is 0 Å². The molecule has 86 valence electrons. The molecule has 5 N–H and O–H groups in total. The van der Waals surface area contributed by atoms with Crippen LogP contribution >= 0.6 is 0 Å². The fourth-order valence-electron chi connectivity index (χ4n) is 0.800. The number of aliphatic hydroxyl groups excluding tert-OH is 5. The van der Waals surface area contributed by atoms with Crippen LogP contribution in [0.4, 0.5) is 0 Å². The van der Waals surface area contributed by atoms with Crippen molar-refractivity contribution < 1.29 is 66.0 Å². The largest absolute Gasteiger partial charge is 1.00 e. The van der Waals surface area contributed by atoms with Crippen molar-refractivity contribution in [1.29, 1.82) is 0 Å². The van der Waals surface area contributed by atoms with Crippen LogP contribution in [0.15, 0.2) is 0 Å². The molecule has 0 saturated carbocycles. The molecule has 0 amide bonds. The van der Waals surface area contributed by atoms with Crippen molar-refractivity contribution in [1.82, 2.24) is 0 Å². The summed E-state index contributed by atoms with van der Waals surface area (Å²) < 4.78 is 4.13. The molecule has 8 heteroatoms. The first-order chi connectivity index (χ1) is 6.54. The molecule has 0 radical (unpaired) electrons. The first-order valence-corrected chi connectivity index (χ1v) is 3.93. The van der Waals surface area contributed by atoms with E-state index in [0.29, 0.717) is 0 Å². The van der Waals surface area contributed by atoms with E-state index < -0.39 is 37.6 Å². The molecular formula is C7H15NaO7. The Morgan fingerprint density at radius 2 is 1.60 bits per heavy atom. The molecule has 0 aliphatic rings. The number of hydrogen-bond donors (Lipinski definition) is 5. The van der Waals surface area contributed by atoms with Crippen molar-refractivity contribution in [2.24, 2.45) is 0 Å². The molecular weight excluding hydrogens is 219 g/mol. The van der Waals surface area contributed by atoms with Gasteiger partial charge in [0.25, 0.3) is 6.47 Å². The molecule has 0 unspecified atom stereocenters. The van der Waals surface area contributed by atoms with E-state index in [1.807, 2.05) is 0 Å². The summed E-state index contributed by atoms with van der Waals surface area (Å²) >= 11 is 0. The second-order valence-corrected chi connectivity index (χ2v) is 2.73. The van der Waals surface area contributed by atoms with Crippen molar-refractivity contribution in [3.63, 3.8) is 0 Å². The predicted molar refractivity (Wildman–Crippen MR) is 44.2 cm³/mol. The fraction of sp³-hybridized carbons (Fsp3) is 0.857. The van der Waals surface area contributed by atoms with Gasteiger partial charge in [-0.05, 0) is 0 Å². The van der Waals surface area contributed by atoms with Gasteiger partial charge in [0.05, 0.1) is 6.61 Å². The molecule has 0 spiro atoms. The molecule has 0 bridgehead atoms. The molecule has 0 fully saturated rings. The molecule has 0 aromatic rings. The van der Waals surface area contributed by atoms with Gasteiger partial charge in [0.2, 0.25) is 0 Å². The minimum atomic E-state index is -1.70. The summed E-state index contributed by atoms with van der Waals surface area (Å²) in [7, 11) is 0. The fourth-order valence-corrected chi connectivity index (χ4v) is 0.800. The third-order valence-electron chi connectivity index (χ3n) is 1.66. The first kappa shape index (κ1) is 17.7. The van der Waals surface area contributed by atoms with Gasteiger partial charge in [0.1, 0.15) is 31.0 Å². The molecule has 0 heterocycles. The second kappa shape index (κ2) is 9.49. The van der Waals surface area contributed by atoms with Crippen LogP contribution in [-0.2, 0) is 9.53 Å². The molecule has 0 aromatic carbocycles.